The van der Waals surface area contributed by atoms with Crippen molar-refractivity contribution in [3.63, 3.8) is 0 Å². The smallest absolute Gasteiger partial charge is 0.244 e. The number of carbonyl (C=O) groups excluding carboxylic acids is 1. The van der Waals surface area contributed by atoms with Crippen LogP contribution >= 0.6 is 0 Å². The van der Waals surface area contributed by atoms with Crippen LogP contribution in [-0.2, 0) is 4.79 Å². The number of hydrogen-bond donors (Lipinski definition) is 1. The summed E-state index contributed by atoms with van der Waals surface area (Å²) in [5.74, 6) is -0.526. The number of carbonyl (C=O) groups is 1. The van der Waals surface area contributed by atoms with Gasteiger partial charge in [-0.25, -0.2) is 4.39 Å². The maximum atomic E-state index is 13.8. The second kappa shape index (κ2) is 6.12. The third-order valence-electron chi connectivity index (χ3n) is 3.52. The summed E-state index contributed by atoms with van der Waals surface area (Å²) in [4.78, 5) is 15.9. The molecular formula is C14H19FN2O2. The minimum absolute atomic E-state index is 0.0497. The monoisotopic (exact) mass is 266 g/mol. The summed E-state index contributed by atoms with van der Waals surface area (Å²) in [5, 5.41) is 9.09. The lowest BCUT2D eigenvalue weighted by Crippen LogP contribution is -2.45. The molecule has 19 heavy (non-hydrogen) atoms. The number of benzene rings is 1. The van der Waals surface area contributed by atoms with Crippen molar-refractivity contribution in [1.29, 1.82) is 0 Å². The summed E-state index contributed by atoms with van der Waals surface area (Å²) < 4.78 is 13.8. The first kappa shape index (κ1) is 14.0. The molecule has 1 fully saturated rings. The van der Waals surface area contributed by atoms with Crippen LogP contribution in [0.3, 0.4) is 0 Å². The Morgan fingerprint density at radius 3 is 2.79 bits per heavy atom. The highest BCUT2D eigenvalue weighted by Crippen LogP contribution is 2.23. The van der Waals surface area contributed by atoms with Gasteiger partial charge in [-0.15, -0.1) is 0 Å². The molecule has 0 saturated carbocycles. The Hall–Kier alpha value is -1.46. The molecule has 0 spiro atoms. The number of aliphatic hydroxyl groups excluding tert-OH is 1. The normalized spacial score (nSPS) is 21.5. The molecule has 1 aliphatic rings. The molecule has 0 radical (unpaired) electrons. The van der Waals surface area contributed by atoms with Crippen molar-refractivity contribution in [2.24, 2.45) is 0 Å². The molecular weight excluding hydrogens is 247 g/mol. The van der Waals surface area contributed by atoms with Crippen LogP contribution in [0.25, 0.3) is 0 Å². The lowest BCUT2D eigenvalue weighted by atomic mass is 10.1. The van der Waals surface area contributed by atoms with Crippen molar-refractivity contribution in [3.8, 4) is 0 Å². The average molecular weight is 266 g/mol. The van der Waals surface area contributed by atoms with Crippen LogP contribution in [0.1, 0.15) is 12.8 Å². The summed E-state index contributed by atoms with van der Waals surface area (Å²) in [6.07, 6.45) is 1.17. The maximum absolute atomic E-state index is 13.8. The third-order valence-corrected chi connectivity index (χ3v) is 3.52. The van der Waals surface area contributed by atoms with Crippen LogP contribution in [0.4, 0.5) is 10.1 Å². The van der Waals surface area contributed by atoms with Gasteiger partial charge in [0.1, 0.15) is 5.82 Å². The van der Waals surface area contributed by atoms with E-state index in [2.05, 4.69) is 0 Å². The molecule has 1 heterocycles. The topological polar surface area (TPSA) is 43.8 Å². The van der Waals surface area contributed by atoms with Gasteiger partial charge in [0.2, 0.25) is 5.91 Å². The van der Waals surface area contributed by atoms with Crippen molar-refractivity contribution in [1.82, 2.24) is 4.90 Å². The van der Waals surface area contributed by atoms with Crippen molar-refractivity contribution < 1.29 is 14.3 Å². The van der Waals surface area contributed by atoms with E-state index >= 15 is 0 Å². The zero-order valence-electron chi connectivity index (χ0n) is 11.1. The van der Waals surface area contributed by atoms with E-state index in [-0.39, 0.29) is 24.4 Å². The number of hydrogen-bond acceptors (Lipinski definition) is 3. The molecule has 104 valence electrons. The summed E-state index contributed by atoms with van der Waals surface area (Å²) in [5.41, 5.74) is 0.325. The molecule has 1 unspecified atom stereocenters. The molecule has 0 bridgehead atoms. The number of likely N-dealkylation sites (N-methyl/N-ethyl adjacent to an activating group) is 1. The standard InChI is InChI=1S/C14H19FN2O2/c1-16-8-4-9-17(14(19)13(16)7-10-18)12-6-3-2-5-11(12)15/h2-3,5-6,13,18H,4,7-10H2,1H3. The predicted octanol–water partition coefficient (Wildman–Crippen LogP) is 1.25. The highest BCUT2D eigenvalue weighted by atomic mass is 19.1. The van der Waals surface area contributed by atoms with Gasteiger partial charge < -0.3 is 10.0 Å². The Bertz CT molecular complexity index is 453. The van der Waals surface area contributed by atoms with E-state index in [4.69, 9.17) is 5.11 Å². The zero-order chi connectivity index (χ0) is 13.8. The molecule has 0 aromatic heterocycles. The van der Waals surface area contributed by atoms with Crippen LogP contribution in [0.15, 0.2) is 24.3 Å². The highest BCUT2D eigenvalue weighted by Gasteiger charge is 2.31. The molecule has 2 rings (SSSR count). The SMILES string of the molecule is CN1CCCN(c2ccccc2F)C(=O)C1CCO. The van der Waals surface area contributed by atoms with Gasteiger partial charge in [0.15, 0.2) is 0 Å². The third kappa shape index (κ3) is 2.93. The summed E-state index contributed by atoms with van der Waals surface area (Å²) in [6, 6.07) is 5.93. The molecule has 4 nitrogen and oxygen atoms in total. The van der Waals surface area contributed by atoms with Gasteiger partial charge in [-0.1, -0.05) is 12.1 Å². The van der Waals surface area contributed by atoms with Crippen molar-refractivity contribution >= 4 is 11.6 Å². The minimum Gasteiger partial charge on any atom is -0.396 e. The van der Waals surface area contributed by atoms with Crippen molar-refractivity contribution in [2.75, 3.05) is 31.6 Å². The molecule has 1 aromatic carbocycles. The van der Waals surface area contributed by atoms with E-state index in [1.807, 2.05) is 11.9 Å². The van der Waals surface area contributed by atoms with E-state index in [1.165, 1.54) is 11.0 Å². The van der Waals surface area contributed by atoms with Crippen LogP contribution in [0.2, 0.25) is 0 Å². The lowest BCUT2D eigenvalue weighted by molar-refractivity contribution is -0.123. The lowest BCUT2D eigenvalue weighted by Gasteiger charge is -2.27. The molecule has 0 aliphatic carbocycles. The number of nitrogens with zero attached hydrogens (tertiary/aromatic N) is 2. The van der Waals surface area contributed by atoms with E-state index in [9.17, 15) is 9.18 Å². The summed E-state index contributed by atoms with van der Waals surface area (Å²) in [7, 11) is 1.86. The number of amides is 1. The van der Waals surface area contributed by atoms with Gasteiger partial charge in [-0.3, -0.25) is 9.69 Å². The van der Waals surface area contributed by atoms with Crippen LogP contribution in [0, 0.1) is 5.82 Å². The Labute approximate surface area is 112 Å². The Kier molecular flexibility index (Phi) is 4.50. The summed E-state index contributed by atoms with van der Waals surface area (Å²) >= 11 is 0. The molecule has 1 atom stereocenters. The Morgan fingerprint density at radius 2 is 2.11 bits per heavy atom. The van der Waals surface area contributed by atoms with Gasteiger partial charge in [0.25, 0.3) is 0 Å². The van der Waals surface area contributed by atoms with E-state index < -0.39 is 0 Å². The molecule has 1 saturated heterocycles. The van der Waals surface area contributed by atoms with Gasteiger partial charge in [-0.05, 0) is 32.0 Å². The predicted molar refractivity (Wildman–Crippen MR) is 71.5 cm³/mol. The Morgan fingerprint density at radius 1 is 1.37 bits per heavy atom. The number of para-hydroxylation sites is 1. The first-order valence-corrected chi connectivity index (χ1v) is 6.52. The zero-order valence-corrected chi connectivity index (χ0v) is 11.1. The van der Waals surface area contributed by atoms with E-state index in [1.54, 1.807) is 18.2 Å². The highest BCUT2D eigenvalue weighted by molar-refractivity contribution is 5.97. The first-order valence-electron chi connectivity index (χ1n) is 6.52. The van der Waals surface area contributed by atoms with Crippen molar-refractivity contribution in [2.45, 2.75) is 18.9 Å². The fraction of sp³-hybridized carbons (Fsp3) is 0.500. The molecule has 1 amide bonds. The summed E-state index contributed by atoms with van der Waals surface area (Å²) in [6.45, 7) is 1.22. The number of anilines is 1. The van der Waals surface area contributed by atoms with E-state index in [0.29, 0.717) is 18.7 Å². The fourth-order valence-corrected chi connectivity index (χ4v) is 2.49. The quantitative estimate of drug-likeness (QED) is 0.895. The van der Waals surface area contributed by atoms with Crippen molar-refractivity contribution in [3.05, 3.63) is 30.1 Å². The van der Waals surface area contributed by atoms with Gasteiger partial charge in [0.05, 0.1) is 11.7 Å². The number of aliphatic hydroxyl groups is 1. The minimum atomic E-state index is -0.386. The van der Waals surface area contributed by atoms with Gasteiger partial charge in [-0.2, -0.15) is 0 Å². The van der Waals surface area contributed by atoms with Crippen LogP contribution in [0.5, 0.6) is 0 Å². The first-order chi connectivity index (χ1) is 9.15. The second-order valence-electron chi connectivity index (χ2n) is 4.80. The van der Waals surface area contributed by atoms with Gasteiger partial charge in [0, 0.05) is 19.7 Å². The van der Waals surface area contributed by atoms with Gasteiger partial charge >= 0.3 is 0 Å². The largest absolute Gasteiger partial charge is 0.396 e. The fourth-order valence-electron chi connectivity index (χ4n) is 2.49. The average Bonchev–Trinajstić information content (AvgIpc) is 2.53. The maximum Gasteiger partial charge on any atom is 0.244 e. The van der Waals surface area contributed by atoms with Crippen LogP contribution in [-0.4, -0.2) is 48.7 Å². The molecule has 1 N–H and O–H groups in total. The Balaban J connectivity index is 2.30. The second-order valence-corrected chi connectivity index (χ2v) is 4.80. The number of rotatable bonds is 3. The van der Waals surface area contributed by atoms with Crippen LogP contribution < -0.4 is 4.90 Å². The molecule has 1 aromatic rings. The molecule has 5 heteroatoms. The van der Waals surface area contributed by atoms with E-state index in [0.717, 1.165) is 13.0 Å². The number of halogens is 1. The molecule has 1 aliphatic heterocycles.